The molecule has 0 unspecified atom stereocenters. The van der Waals surface area contributed by atoms with Gasteiger partial charge < -0.3 is 14.9 Å². The van der Waals surface area contributed by atoms with Crippen LogP contribution in [-0.4, -0.2) is 17.9 Å². The average molecular weight is 293 g/mol. The molecular formula is C15H17ClN2O2. The quantitative estimate of drug-likeness (QED) is 0.943. The Kier molecular flexibility index (Phi) is 3.49. The minimum atomic E-state index is 0.548. The predicted octanol–water partition coefficient (Wildman–Crippen LogP) is 3.27. The minimum absolute atomic E-state index is 0.548. The lowest BCUT2D eigenvalue weighted by molar-refractivity contribution is 0.171. The lowest BCUT2D eigenvalue weighted by Gasteiger charge is -2.21. The van der Waals surface area contributed by atoms with Crippen LogP contribution in [0.25, 0.3) is 0 Å². The Morgan fingerprint density at radius 3 is 2.60 bits per heavy atom. The van der Waals surface area contributed by atoms with Gasteiger partial charge in [0.2, 0.25) is 0 Å². The van der Waals surface area contributed by atoms with Gasteiger partial charge in [0.25, 0.3) is 0 Å². The molecule has 2 heterocycles. The molecule has 0 fully saturated rings. The SMILES string of the molecule is Cc1ccc(C)n1NCc1cc(Cl)c2c(c1)OCCO2. The van der Waals surface area contributed by atoms with E-state index in [0.29, 0.717) is 30.5 Å². The van der Waals surface area contributed by atoms with Crippen molar-refractivity contribution >= 4 is 11.6 Å². The molecule has 0 spiro atoms. The highest BCUT2D eigenvalue weighted by molar-refractivity contribution is 6.32. The average Bonchev–Trinajstić information content (AvgIpc) is 2.76. The Morgan fingerprint density at radius 1 is 1.15 bits per heavy atom. The summed E-state index contributed by atoms with van der Waals surface area (Å²) in [5, 5.41) is 0.597. The van der Waals surface area contributed by atoms with E-state index in [4.69, 9.17) is 21.1 Å². The van der Waals surface area contributed by atoms with Crippen LogP contribution < -0.4 is 14.9 Å². The topological polar surface area (TPSA) is 35.4 Å². The van der Waals surface area contributed by atoms with Gasteiger partial charge in [-0.05, 0) is 43.7 Å². The molecule has 0 amide bonds. The van der Waals surface area contributed by atoms with Crippen molar-refractivity contribution in [3.8, 4) is 11.5 Å². The molecule has 1 aliphatic heterocycles. The number of aryl methyl sites for hydroxylation is 2. The van der Waals surface area contributed by atoms with Crippen molar-refractivity contribution in [3.05, 3.63) is 46.2 Å². The molecule has 1 aliphatic rings. The largest absolute Gasteiger partial charge is 0.486 e. The van der Waals surface area contributed by atoms with Crippen molar-refractivity contribution in [2.75, 3.05) is 18.6 Å². The second-order valence-corrected chi connectivity index (χ2v) is 5.30. The fourth-order valence-electron chi connectivity index (χ4n) is 2.35. The summed E-state index contributed by atoms with van der Waals surface area (Å²) < 4.78 is 13.2. The van der Waals surface area contributed by atoms with Crippen molar-refractivity contribution in [1.82, 2.24) is 4.68 Å². The molecule has 1 aromatic heterocycles. The maximum atomic E-state index is 6.23. The Labute approximate surface area is 123 Å². The van der Waals surface area contributed by atoms with Gasteiger partial charge in [0.15, 0.2) is 11.5 Å². The van der Waals surface area contributed by atoms with E-state index in [1.807, 2.05) is 12.1 Å². The Morgan fingerprint density at radius 2 is 1.85 bits per heavy atom. The van der Waals surface area contributed by atoms with E-state index in [1.54, 1.807) is 0 Å². The third-order valence-corrected chi connectivity index (χ3v) is 3.65. The van der Waals surface area contributed by atoms with Gasteiger partial charge in [0.05, 0.1) is 11.6 Å². The Bertz CT molecular complexity index is 618. The minimum Gasteiger partial charge on any atom is -0.486 e. The molecule has 0 saturated heterocycles. The molecule has 0 atom stereocenters. The highest BCUT2D eigenvalue weighted by Crippen LogP contribution is 2.38. The number of ether oxygens (including phenoxy) is 2. The zero-order valence-corrected chi connectivity index (χ0v) is 12.3. The van der Waals surface area contributed by atoms with Crippen LogP contribution in [0.1, 0.15) is 17.0 Å². The summed E-state index contributed by atoms with van der Waals surface area (Å²) in [7, 11) is 0. The standard InChI is InChI=1S/C15H17ClN2O2/c1-10-3-4-11(2)18(10)17-9-12-7-13(16)15-14(8-12)19-5-6-20-15/h3-4,7-8,17H,5-6,9H2,1-2H3. The number of halogens is 1. The second kappa shape index (κ2) is 5.29. The van der Waals surface area contributed by atoms with Crippen LogP contribution in [0.5, 0.6) is 11.5 Å². The van der Waals surface area contributed by atoms with E-state index in [2.05, 4.69) is 36.1 Å². The van der Waals surface area contributed by atoms with Crippen molar-refractivity contribution in [2.45, 2.75) is 20.4 Å². The van der Waals surface area contributed by atoms with Crippen molar-refractivity contribution in [1.29, 1.82) is 0 Å². The first-order valence-corrected chi connectivity index (χ1v) is 7.00. The van der Waals surface area contributed by atoms with Gasteiger partial charge in [0.1, 0.15) is 13.2 Å². The molecule has 0 aliphatic carbocycles. The number of hydrogen-bond acceptors (Lipinski definition) is 3. The van der Waals surface area contributed by atoms with Crippen molar-refractivity contribution in [2.24, 2.45) is 0 Å². The van der Waals surface area contributed by atoms with E-state index in [-0.39, 0.29) is 0 Å². The molecule has 0 radical (unpaired) electrons. The monoisotopic (exact) mass is 292 g/mol. The van der Waals surface area contributed by atoms with Crippen LogP contribution in [0.15, 0.2) is 24.3 Å². The molecule has 2 aromatic rings. The predicted molar refractivity (Wildman–Crippen MR) is 79.4 cm³/mol. The summed E-state index contributed by atoms with van der Waals surface area (Å²) in [6.45, 7) is 5.92. The summed E-state index contributed by atoms with van der Waals surface area (Å²) >= 11 is 6.23. The van der Waals surface area contributed by atoms with Crippen LogP contribution in [0.4, 0.5) is 0 Å². The number of rotatable bonds is 3. The molecule has 3 rings (SSSR count). The fraction of sp³-hybridized carbons (Fsp3) is 0.333. The van der Waals surface area contributed by atoms with E-state index in [1.165, 1.54) is 11.4 Å². The first-order chi connectivity index (χ1) is 9.65. The zero-order valence-electron chi connectivity index (χ0n) is 11.6. The lowest BCUT2D eigenvalue weighted by atomic mass is 10.2. The van der Waals surface area contributed by atoms with E-state index >= 15 is 0 Å². The van der Waals surface area contributed by atoms with E-state index < -0.39 is 0 Å². The van der Waals surface area contributed by atoms with Crippen molar-refractivity contribution in [3.63, 3.8) is 0 Å². The summed E-state index contributed by atoms with van der Waals surface area (Å²) in [4.78, 5) is 0. The van der Waals surface area contributed by atoms with Gasteiger partial charge in [-0.3, -0.25) is 4.68 Å². The lowest BCUT2D eigenvalue weighted by Crippen LogP contribution is -2.18. The molecule has 106 valence electrons. The molecule has 0 saturated carbocycles. The molecule has 20 heavy (non-hydrogen) atoms. The normalized spacial score (nSPS) is 13.3. The summed E-state index contributed by atoms with van der Waals surface area (Å²) in [6.07, 6.45) is 0. The van der Waals surface area contributed by atoms with Gasteiger partial charge in [-0.2, -0.15) is 0 Å². The molecule has 5 heteroatoms. The van der Waals surface area contributed by atoms with Gasteiger partial charge in [-0.25, -0.2) is 0 Å². The summed E-state index contributed by atoms with van der Waals surface area (Å²) in [6, 6.07) is 8.05. The van der Waals surface area contributed by atoms with Crippen molar-refractivity contribution < 1.29 is 9.47 Å². The number of aromatic nitrogens is 1. The maximum absolute atomic E-state index is 6.23. The smallest absolute Gasteiger partial charge is 0.179 e. The van der Waals surface area contributed by atoms with Crippen LogP contribution >= 0.6 is 11.6 Å². The zero-order chi connectivity index (χ0) is 14.1. The Hall–Kier alpha value is -1.81. The van der Waals surface area contributed by atoms with E-state index in [0.717, 1.165) is 11.3 Å². The molecule has 0 bridgehead atoms. The van der Waals surface area contributed by atoms with Crippen LogP contribution in [0.3, 0.4) is 0 Å². The van der Waals surface area contributed by atoms with Gasteiger partial charge in [-0.15, -0.1) is 0 Å². The molecule has 1 N–H and O–H groups in total. The highest BCUT2D eigenvalue weighted by Gasteiger charge is 2.16. The molecule has 4 nitrogen and oxygen atoms in total. The third kappa shape index (κ3) is 2.43. The fourth-order valence-corrected chi connectivity index (χ4v) is 2.64. The van der Waals surface area contributed by atoms with Gasteiger partial charge >= 0.3 is 0 Å². The first kappa shape index (κ1) is 13.2. The summed E-state index contributed by atoms with van der Waals surface area (Å²) in [5.41, 5.74) is 6.78. The second-order valence-electron chi connectivity index (χ2n) is 4.89. The first-order valence-electron chi connectivity index (χ1n) is 6.62. The molecular weight excluding hydrogens is 276 g/mol. The van der Waals surface area contributed by atoms with E-state index in [9.17, 15) is 0 Å². The number of nitrogens with one attached hydrogen (secondary N) is 1. The van der Waals surface area contributed by atoms with Crippen LogP contribution in [-0.2, 0) is 6.54 Å². The van der Waals surface area contributed by atoms with Crippen LogP contribution in [0, 0.1) is 13.8 Å². The highest BCUT2D eigenvalue weighted by atomic mass is 35.5. The summed E-state index contributed by atoms with van der Waals surface area (Å²) in [5.74, 6) is 1.37. The number of nitrogens with zero attached hydrogens (tertiary/aromatic N) is 1. The van der Waals surface area contributed by atoms with Crippen LogP contribution in [0.2, 0.25) is 5.02 Å². The third-order valence-electron chi connectivity index (χ3n) is 3.37. The number of fused-ring (bicyclic) bond motifs is 1. The number of benzene rings is 1. The van der Waals surface area contributed by atoms with Gasteiger partial charge in [-0.1, -0.05) is 11.6 Å². The Balaban J connectivity index is 1.80. The molecule has 1 aromatic carbocycles. The van der Waals surface area contributed by atoms with Gasteiger partial charge in [0, 0.05) is 11.4 Å². The number of hydrogen-bond donors (Lipinski definition) is 1. The maximum Gasteiger partial charge on any atom is 0.179 e.